The number of benzene rings is 2. The van der Waals surface area contributed by atoms with Crippen molar-refractivity contribution in [3.63, 3.8) is 0 Å². The molecule has 0 radical (unpaired) electrons. The van der Waals surface area contributed by atoms with Gasteiger partial charge in [-0.15, -0.1) is 11.3 Å². The van der Waals surface area contributed by atoms with Gasteiger partial charge in [0, 0.05) is 20.1 Å². The van der Waals surface area contributed by atoms with Gasteiger partial charge in [0.2, 0.25) is 0 Å². The number of rotatable bonds is 2. The first-order valence-corrected chi connectivity index (χ1v) is 9.68. The molecule has 4 nitrogen and oxygen atoms in total. The first-order valence-electron chi connectivity index (χ1n) is 6.94. The maximum absolute atomic E-state index is 12.5. The van der Waals surface area contributed by atoms with Crippen LogP contribution in [0.1, 0.15) is 9.67 Å². The topological polar surface area (TPSA) is 61.4 Å². The van der Waals surface area contributed by atoms with Crippen molar-refractivity contribution < 1.29 is 9.90 Å². The Morgan fingerprint density at radius 3 is 2.54 bits per heavy atom. The Balaban J connectivity index is 1.80. The molecule has 1 heterocycles. The van der Waals surface area contributed by atoms with E-state index in [-0.39, 0.29) is 21.6 Å². The molecule has 0 aliphatic carbocycles. The molecule has 0 aliphatic heterocycles. The molecular formula is C16H8Cl4N2O2S2. The molecule has 0 spiro atoms. The highest BCUT2D eigenvalue weighted by atomic mass is 35.5. The monoisotopic (exact) mass is 464 g/mol. The van der Waals surface area contributed by atoms with Crippen molar-refractivity contribution in [2.45, 2.75) is 0 Å². The molecule has 2 aromatic carbocycles. The SMILES string of the molecule is O=C(NC(=S)Nc1cc(Cl)cc(Cl)c1O)c1sc2cc(Cl)ccc2c1Cl. The summed E-state index contributed by atoms with van der Waals surface area (Å²) in [4.78, 5) is 12.8. The van der Waals surface area contributed by atoms with Gasteiger partial charge >= 0.3 is 0 Å². The van der Waals surface area contributed by atoms with E-state index in [9.17, 15) is 9.90 Å². The van der Waals surface area contributed by atoms with Crippen LogP contribution in [0.5, 0.6) is 5.75 Å². The van der Waals surface area contributed by atoms with Crippen LogP contribution in [0.25, 0.3) is 10.1 Å². The van der Waals surface area contributed by atoms with Crippen LogP contribution in [0.15, 0.2) is 30.3 Å². The van der Waals surface area contributed by atoms with Crippen LogP contribution in [-0.2, 0) is 0 Å². The van der Waals surface area contributed by atoms with Crippen molar-refractivity contribution in [3.8, 4) is 5.75 Å². The molecule has 134 valence electrons. The summed E-state index contributed by atoms with van der Waals surface area (Å²) in [5, 5.41) is 17.0. The van der Waals surface area contributed by atoms with Crippen LogP contribution in [0.4, 0.5) is 5.69 Å². The van der Waals surface area contributed by atoms with Gasteiger partial charge in [0.05, 0.1) is 15.7 Å². The lowest BCUT2D eigenvalue weighted by molar-refractivity contribution is 0.0982. The summed E-state index contributed by atoms with van der Waals surface area (Å²) in [7, 11) is 0. The van der Waals surface area contributed by atoms with Crippen molar-refractivity contribution in [1.82, 2.24) is 5.32 Å². The Morgan fingerprint density at radius 1 is 1.08 bits per heavy atom. The smallest absolute Gasteiger partial charge is 0.269 e. The molecular weight excluding hydrogens is 458 g/mol. The Morgan fingerprint density at radius 2 is 1.81 bits per heavy atom. The molecule has 1 amide bonds. The molecule has 0 aliphatic rings. The minimum absolute atomic E-state index is 0.0461. The van der Waals surface area contributed by atoms with E-state index in [2.05, 4.69) is 10.6 Å². The summed E-state index contributed by atoms with van der Waals surface area (Å²) in [5.74, 6) is -0.723. The fraction of sp³-hybridized carbons (Fsp3) is 0. The number of fused-ring (bicyclic) bond motifs is 1. The molecule has 0 fully saturated rings. The molecule has 0 saturated carbocycles. The van der Waals surface area contributed by atoms with E-state index in [4.69, 9.17) is 58.6 Å². The number of halogens is 4. The van der Waals surface area contributed by atoms with Crippen LogP contribution in [-0.4, -0.2) is 16.1 Å². The van der Waals surface area contributed by atoms with Crippen LogP contribution in [0, 0.1) is 0 Å². The predicted molar refractivity (Wildman–Crippen MR) is 114 cm³/mol. The molecule has 10 heteroatoms. The lowest BCUT2D eigenvalue weighted by Crippen LogP contribution is -2.33. The first kappa shape index (κ1) is 19.5. The average Bonchev–Trinajstić information content (AvgIpc) is 2.88. The average molecular weight is 466 g/mol. The van der Waals surface area contributed by atoms with E-state index in [1.807, 2.05) is 0 Å². The maximum atomic E-state index is 12.5. The highest BCUT2D eigenvalue weighted by Crippen LogP contribution is 2.37. The number of carbonyl (C=O) groups excluding carboxylic acids is 1. The fourth-order valence-corrected chi connectivity index (χ4v) is 4.54. The number of phenols is 1. The molecule has 26 heavy (non-hydrogen) atoms. The quantitative estimate of drug-likeness (QED) is 0.305. The number of anilines is 1. The van der Waals surface area contributed by atoms with Crippen LogP contribution in [0.3, 0.4) is 0 Å². The Kier molecular flexibility index (Phi) is 5.81. The number of phenolic OH excluding ortho intramolecular Hbond substituents is 1. The molecule has 3 aromatic rings. The van der Waals surface area contributed by atoms with Gasteiger partial charge in [-0.2, -0.15) is 0 Å². The minimum atomic E-state index is -0.488. The van der Waals surface area contributed by atoms with E-state index in [1.54, 1.807) is 18.2 Å². The second-order valence-corrected chi connectivity index (χ2v) is 8.20. The Bertz CT molecular complexity index is 1050. The highest BCUT2D eigenvalue weighted by Gasteiger charge is 2.19. The zero-order valence-corrected chi connectivity index (χ0v) is 17.2. The second-order valence-electron chi connectivity index (χ2n) is 5.08. The number of amides is 1. The highest BCUT2D eigenvalue weighted by molar-refractivity contribution is 7.80. The first-order chi connectivity index (χ1) is 12.3. The number of aromatic hydroxyl groups is 1. The second kappa shape index (κ2) is 7.76. The summed E-state index contributed by atoms with van der Waals surface area (Å²) < 4.78 is 0.783. The summed E-state index contributed by atoms with van der Waals surface area (Å²) in [6.45, 7) is 0. The molecule has 0 saturated heterocycles. The lowest BCUT2D eigenvalue weighted by atomic mass is 10.2. The van der Waals surface area contributed by atoms with Crippen molar-refractivity contribution in [2.75, 3.05) is 5.32 Å². The zero-order valence-electron chi connectivity index (χ0n) is 12.6. The van der Waals surface area contributed by atoms with E-state index in [0.29, 0.717) is 19.9 Å². The number of nitrogens with one attached hydrogen (secondary N) is 2. The molecule has 1 aromatic heterocycles. The van der Waals surface area contributed by atoms with Crippen LogP contribution >= 0.6 is 70.0 Å². The van der Waals surface area contributed by atoms with Crippen molar-refractivity contribution >= 4 is 96.8 Å². The van der Waals surface area contributed by atoms with Gasteiger partial charge < -0.3 is 10.4 Å². The van der Waals surface area contributed by atoms with Gasteiger partial charge in [-0.3, -0.25) is 10.1 Å². The van der Waals surface area contributed by atoms with Gasteiger partial charge in [-0.05, 0) is 36.5 Å². The normalized spacial score (nSPS) is 10.8. The van der Waals surface area contributed by atoms with Crippen molar-refractivity contribution in [2.24, 2.45) is 0 Å². The predicted octanol–water partition coefficient (Wildman–Crippen LogP) is 6.35. The lowest BCUT2D eigenvalue weighted by Gasteiger charge is -2.11. The maximum Gasteiger partial charge on any atom is 0.269 e. The Labute approximate surface area is 177 Å². The zero-order chi connectivity index (χ0) is 19.0. The third-order valence-corrected chi connectivity index (χ3v) is 5.90. The molecule has 0 atom stereocenters. The van der Waals surface area contributed by atoms with Crippen LogP contribution < -0.4 is 10.6 Å². The number of thiocarbonyl (C=S) groups is 1. The van der Waals surface area contributed by atoms with E-state index in [0.717, 1.165) is 10.1 Å². The number of hydrogen-bond donors (Lipinski definition) is 3. The number of hydrogen-bond acceptors (Lipinski definition) is 4. The van der Waals surface area contributed by atoms with Gasteiger partial charge in [0.25, 0.3) is 5.91 Å². The van der Waals surface area contributed by atoms with E-state index in [1.165, 1.54) is 23.5 Å². The van der Waals surface area contributed by atoms with Gasteiger partial charge in [0.1, 0.15) is 4.88 Å². The van der Waals surface area contributed by atoms with Crippen molar-refractivity contribution in [1.29, 1.82) is 0 Å². The Hall–Kier alpha value is -1.28. The third-order valence-electron chi connectivity index (χ3n) is 3.30. The van der Waals surface area contributed by atoms with E-state index >= 15 is 0 Å². The summed E-state index contributed by atoms with van der Waals surface area (Å²) in [5.41, 5.74) is 0.169. The van der Waals surface area contributed by atoms with Crippen LogP contribution in [0.2, 0.25) is 20.1 Å². The summed E-state index contributed by atoms with van der Waals surface area (Å²) >= 11 is 30.3. The minimum Gasteiger partial charge on any atom is -0.504 e. The van der Waals surface area contributed by atoms with Gasteiger partial charge in [0.15, 0.2) is 10.9 Å². The fourth-order valence-electron chi connectivity index (χ4n) is 2.16. The molecule has 3 N–H and O–H groups in total. The molecule has 0 bridgehead atoms. The van der Waals surface area contributed by atoms with E-state index < -0.39 is 5.91 Å². The number of thiophene rings is 1. The summed E-state index contributed by atoms with van der Waals surface area (Å²) in [6, 6.07) is 7.98. The molecule has 3 rings (SSSR count). The third kappa shape index (κ3) is 4.01. The van der Waals surface area contributed by atoms with Gasteiger partial charge in [-0.25, -0.2) is 0 Å². The van der Waals surface area contributed by atoms with Gasteiger partial charge in [-0.1, -0.05) is 52.5 Å². The standard InChI is InChI=1S/C16H8Cl4N2O2S2/c17-6-1-2-8-11(5-6)26-14(12(8)20)15(24)22-16(25)21-10-4-7(18)3-9(19)13(10)23/h1-5,23H,(H2,21,22,24,25). The summed E-state index contributed by atoms with van der Waals surface area (Å²) in [6.07, 6.45) is 0. The molecule has 0 unspecified atom stereocenters. The number of carbonyl (C=O) groups is 1. The van der Waals surface area contributed by atoms with Crippen molar-refractivity contribution in [3.05, 3.63) is 55.3 Å². The largest absolute Gasteiger partial charge is 0.504 e.